The predicted octanol–water partition coefficient (Wildman–Crippen LogP) is 4.43. The van der Waals surface area contributed by atoms with Crippen LogP contribution in [0.15, 0.2) is 54.9 Å². The van der Waals surface area contributed by atoms with Gasteiger partial charge in [-0.15, -0.1) is 0 Å². The van der Waals surface area contributed by atoms with Crippen molar-refractivity contribution in [2.24, 2.45) is 5.92 Å². The molecule has 0 bridgehead atoms. The van der Waals surface area contributed by atoms with Crippen LogP contribution in [0.1, 0.15) is 91.5 Å². The van der Waals surface area contributed by atoms with Crippen LogP contribution < -0.4 is 15.5 Å². The standard InChI is InChI=1S/C45H50F2N10O5/c1-45(2,62)35-17-38-28(14-39(35)50-44(61)40-9-7-31-13-26(18-48)19-49-57(31)40)23-56(52-38)30-5-3-29(4-6-30)55-12-11-53(24-33(55)25-58)20-27-21-54(22-27)32-15-36(46)42(37(47)16-32)34-8-10-41(59)51-43(34)60/h7,9,13-17,19,23,27,29-30,33-34,58,62H,3-6,8,10-12,20-22,24-25H2,1-2H3,(H,50,61)(H,51,59,60)/t29?,30?,33-,34-/m1/s1. The molecule has 1 aliphatic carbocycles. The molecule has 0 unspecified atom stereocenters. The first-order valence-corrected chi connectivity index (χ1v) is 21.4. The average molecular weight is 849 g/mol. The number of piperazine rings is 1. The van der Waals surface area contributed by atoms with Crippen LogP contribution in [0.25, 0.3) is 16.4 Å². The summed E-state index contributed by atoms with van der Waals surface area (Å²) in [5, 5.41) is 46.1. The van der Waals surface area contributed by atoms with Crippen LogP contribution in [0.3, 0.4) is 0 Å². The van der Waals surface area contributed by atoms with Crippen LogP contribution in [0.5, 0.6) is 0 Å². The quantitative estimate of drug-likeness (QED) is 0.146. The van der Waals surface area contributed by atoms with E-state index in [2.05, 4.69) is 31.6 Å². The fourth-order valence-corrected chi connectivity index (χ4v) is 10.0. The third kappa shape index (κ3) is 8.03. The van der Waals surface area contributed by atoms with E-state index in [-0.39, 0.29) is 37.1 Å². The molecule has 4 fully saturated rings. The lowest BCUT2D eigenvalue weighted by Crippen LogP contribution is -2.60. The summed E-state index contributed by atoms with van der Waals surface area (Å²) in [6.45, 7) is 7.96. The van der Waals surface area contributed by atoms with E-state index < -0.39 is 40.9 Å². The SMILES string of the molecule is CC(C)(O)c1cc2nn(C3CCC(N4CCN(CC5CN(c6cc(F)c([C@H]7CCC(=O)NC7=O)c(F)c6)C5)C[C@@H]4CO)CC3)cc2cc1NC(=O)c1ccc2cc(C#N)cnn12. The number of nitriles is 1. The van der Waals surface area contributed by atoms with E-state index in [1.54, 1.807) is 32.0 Å². The Bertz CT molecular complexity index is 2580. The lowest BCUT2D eigenvalue weighted by atomic mass is 9.88. The van der Waals surface area contributed by atoms with E-state index in [0.717, 1.165) is 57.2 Å². The van der Waals surface area contributed by atoms with Crippen molar-refractivity contribution in [3.63, 3.8) is 0 Å². The van der Waals surface area contributed by atoms with E-state index in [9.17, 15) is 29.9 Å². The second kappa shape index (κ2) is 16.5. The lowest BCUT2D eigenvalue weighted by Gasteiger charge is -2.49. The highest BCUT2D eigenvalue weighted by Gasteiger charge is 2.38. The molecule has 2 aromatic carbocycles. The first-order chi connectivity index (χ1) is 29.8. The molecule has 3 amide bonds. The molecule has 2 atom stereocenters. The Morgan fingerprint density at radius 3 is 2.44 bits per heavy atom. The highest BCUT2D eigenvalue weighted by atomic mass is 19.1. The van der Waals surface area contributed by atoms with Crippen molar-refractivity contribution < 1.29 is 33.4 Å². The first kappa shape index (κ1) is 41.5. The number of nitrogens with one attached hydrogen (secondary N) is 2. The third-order valence-corrected chi connectivity index (χ3v) is 13.3. The van der Waals surface area contributed by atoms with Gasteiger partial charge in [-0.1, -0.05) is 0 Å². The number of halogens is 2. The molecule has 0 radical (unpaired) electrons. The summed E-state index contributed by atoms with van der Waals surface area (Å²) in [5.74, 6) is -3.77. The van der Waals surface area contributed by atoms with Crippen LogP contribution in [0.4, 0.5) is 20.2 Å². The van der Waals surface area contributed by atoms with Crippen molar-refractivity contribution >= 4 is 45.5 Å². The van der Waals surface area contributed by atoms with Crippen molar-refractivity contribution in [1.82, 2.24) is 34.5 Å². The summed E-state index contributed by atoms with van der Waals surface area (Å²) < 4.78 is 33.8. The summed E-state index contributed by atoms with van der Waals surface area (Å²) in [6, 6.07) is 13.8. The van der Waals surface area contributed by atoms with E-state index in [0.29, 0.717) is 64.3 Å². The number of hydrogen-bond acceptors (Lipinski definition) is 11. The molecule has 3 aliphatic heterocycles. The average Bonchev–Trinajstić information content (AvgIpc) is 3.86. The van der Waals surface area contributed by atoms with Gasteiger partial charge < -0.3 is 25.3 Å². The Labute approximate surface area is 356 Å². The van der Waals surface area contributed by atoms with Gasteiger partial charge in [-0.25, -0.2) is 13.3 Å². The first-order valence-electron chi connectivity index (χ1n) is 21.4. The molecule has 324 valence electrons. The Balaban J connectivity index is 0.791. The molecule has 3 saturated heterocycles. The Kier molecular flexibility index (Phi) is 11.0. The van der Waals surface area contributed by atoms with Gasteiger partial charge in [0, 0.05) is 97.8 Å². The number of aliphatic hydroxyl groups is 2. The molecule has 6 heterocycles. The second-order valence-electron chi connectivity index (χ2n) is 17.9. The Hall–Kier alpha value is -5.80. The third-order valence-electron chi connectivity index (χ3n) is 13.3. The topological polar surface area (TPSA) is 184 Å². The Morgan fingerprint density at radius 2 is 1.74 bits per heavy atom. The molecule has 4 aliphatic rings. The number of rotatable bonds is 10. The van der Waals surface area contributed by atoms with Crippen molar-refractivity contribution in [2.75, 3.05) is 56.1 Å². The molecular weight excluding hydrogens is 799 g/mol. The predicted molar refractivity (Wildman–Crippen MR) is 225 cm³/mol. The Morgan fingerprint density at radius 1 is 1.00 bits per heavy atom. The van der Waals surface area contributed by atoms with E-state index >= 15 is 8.78 Å². The van der Waals surface area contributed by atoms with Gasteiger partial charge in [0.25, 0.3) is 5.91 Å². The van der Waals surface area contributed by atoms with Crippen LogP contribution in [0.2, 0.25) is 0 Å². The fraction of sp³-hybridized carbons (Fsp3) is 0.467. The number of hydrogen-bond donors (Lipinski definition) is 4. The molecular formula is C45H50F2N10O5. The maximum atomic E-state index is 15.2. The number of aromatic nitrogens is 4. The molecule has 0 spiro atoms. The zero-order chi connectivity index (χ0) is 43.4. The number of benzene rings is 2. The minimum absolute atomic E-state index is 0.00115. The molecule has 62 heavy (non-hydrogen) atoms. The number of carbonyl (C=O) groups excluding carboxylic acids is 3. The molecule has 5 aromatic rings. The fourth-order valence-electron chi connectivity index (χ4n) is 10.0. The summed E-state index contributed by atoms with van der Waals surface area (Å²) in [5.41, 5.74) is 1.89. The monoisotopic (exact) mass is 848 g/mol. The van der Waals surface area contributed by atoms with Crippen molar-refractivity contribution in [1.29, 1.82) is 5.26 Å². The molecule has 1 saturated carbocycles. The van der Waals surface area contributed by atoms with Crippen molar-refractivity contribution in [3.05, 3.63) is 88.9 Å². The number of imide groups is 1. The lowest BCUT2D eigenvalue weighted by molar-refractivity contribution is -0.134. The van der Waals surface area contributed by atoms with Crippen LogP contribution in [-0.2, 0) is 15.2 Å². The number of anilines is 2. The minimum atomic E-state index is -1.28. The van der Waals surface area contributed by atoms with Gasteiger partial charge in [0.2, 0.25) is 11.8 Å². The van der Waals surface area contributed by atoms with Crippen molar-refractivity contribution in [2.45, 2.75) is 82.0 Å². The molecule has 3 aromatic heterocycles. The minimum Gasteiger partial charge on any atom is -0.395 e. The number of piperidine rings is 1. The summed E-state index contributed by atoms with van der Waals surface area (Å²) >= 11 is 0. The number of nitrogens with zero attached hydrogens (tertiary/aromatic N) is 8. The molecule has 4 N–H and O–H groups in total. The largest absolute Gasteiger partial charge is 0.395 e. The summed E-state index contributed by atoms with van der Waals surface area (Å²) in [7, 11) is 0. The van der Waals surface area contributed by atoms with E-state index in [1.807, 2.05) is 27.9 Å². The van der Waals surface area contributed by atoms with Crippen LogP contribution in [0, 0.1) is 28.9 Å². The smallest absolute Gasteiger partial charge is 0.274 e. The molecule has 9 rings (SSSR count). The van der Waals surface area contributed by atoms with Gasteiger partial charge in [-0.3, -0.25) is 29.3 Å². The number of fused-ring (bicyclic) bond motifs is 2. The van der Waals surface area contributed by atoms with Crippen LogP contribution in [-0.4, -0.2) is 115 Å². The summed E-state index contributed by atoms with van der Waals surface area (Å²) in [4.78, 5) is 44.1. The highest BCUT2D eigenvalue weighted by molar-refractivity contribution is 6.05. The molecule has 17 heteroatoms. The number of carbonyl (C=O) groups is 3. The zero-order valence-corrected chi connectivity index (χ0v) is 34.7. The van der Waals surface area contributed by atoms with Crippen LogP contribution >= 0.6 is 0 Å². The van der Waals surface area contributed by atoms with Gasteiger partial charge in [0.15, 0.2) is 0 Å². The van der Waals surface area contributed by atoms with Gasteiger partial charge in [-0.2, -0.15) is 15.5 Å². The van der Waals surface area contributed by atoms with E-state index in [1.165, 1.54) is 22.8 Å². The van der Waals surface area contributed by atoms with Gasteiger partial charge in [-0.05, 0) is 88.4 Å². The van der Waals surface area contributed by atoms with Gasteiger partial charge >= 0.3 is 0 Å². The van der Waals surface area contributed by atoms with Gasteiger partial charge in [0.05, 0.1) is 47.0 Å². The second-order valence-corrected chi connectivity index (χ2v) is 17.9. The van der Waals surface area contributed by atoms with Gasteiger partial charge in [0.1, 0.15) is 23.4 Å². The number of amides is 3. The van der Waals surface area contributed by atoms with E-state index in [4.69, 9.17) is 5.10 Å². The summed E-state index contributed by atoms with van der Waals surface area (Å²) in [6.07, 6.45) is 7.26. The highest BCUT2D eigenvalue weighted by Crippen LogP contribution is 2.38. The molecule has 15 nitrogen and oxygen atoms in total. The zero-order valence-electron chi connectivity index (χ0n) is 34.7. The maximum Gasteiger partial charge on any atom is 0.274 e. The number of aliphatic hydroxyl groups excluding tert-OH is 1. The van der Waals surface area contributed by atoms with Crippen molar-refractivity contribution in [3.8, 4) is 6.07 Å². The normalized spacial score (nSPS) is 23.1. The maximum absolute atomic E-state index is 15.2.